The summed E-state index contributed by atoms with van der Waals surface area (Å²) in [5.74, 6) is 3.77. The summed E-state index contributed by atoms with van der Waals surface area (Å²) >= 11 is 0. The Morgan fingerprint density at radius 2 is 2.04 bits per heavy atom. The van der Waals surface area contributed by atoms with Gasteiger partial charge < -0.3 is 9.47 Å². The van der Waals surface area contributed by atoms with E-state index in [4.69, 9.17) is 9.47 Å². The van der Waals surface area contributed by atoms with Crippen LogP contribution in [0.3, 0.4) is 0 Å². The predicted octanol–water partition coefficient (Wildman–Crippen LogP) is 4.17. The second kappa shape index (κ2) is 4.98. The molecule has 3 aliphatic carbocycles. The molecule has 4 atom stereocenters. The summed E-state index contributed by atoms with van der Waals surface area (Å²) in [5.41, 5.74) is 3.55. The van der Waals surface area contributed by atoms with Crippen LogP contribution in [0.15, 0.2) is 12.1 Å². The summed E-state index contributed by atoms with van der Waals surface area (Å²) < 4.78 is 12.5. The monoisotopic (exact) mass is 353 g/mol. The van der Waals surface area contributed by atoms with Gasteiger partial charge in [-0.05, 0) is 68.5 Å². The summed E-state index contributed by atoms with van der Waals surface area (Å²) in [5, 5.41) is 0. The molecule has 1 aromatic carbocycles. The van der Waals surface area contributed by atoms with E-state index in [1.165, 1.54) is 51.6 Å². The maximum Gasteiger partial charge on any atom is 0.165 e. The van der Waals surface area contributed by atoms with Crippen molar-refractivity contribution in [1.29, 1.82) is 0 Å². The quantitative estimate of drug-likeness (QED) is 0.814. The fourth-order valence-electron chi connectivity index (χ4n) is 7.15. The van der Waals surface area contributed by atoms with E-state index in [0.717, 1.165) is 29.4 Å². The largest absolute Gasteiger partial charge is 0.493 e. The molecule has 0 aromatic heterocycles. The molecule has 2 heterocycles. The average molecular weight is 354 g/mol. The van der Waals surface area contributed by atoms with Gasteiger partial charge in [0.15, 0.2) is 11.5 Å². The molecule has 5 aliphatic rings. The number of likely N-dealkylation sites (tertiary alicyclic amines) is 1. The summed E-state index contributed by atoms with van der Waals surface area (Å²) in [4.78, 5) is 2.87. The van der Waals surface area contributed by atoms with Gasteiger partial charge in [-0.25, -0.2) is 0 Å². The zero-order valence-corrected chi connectivity index (χ0v) is 16.4. The van der Waals surface area contributed by atoms with E-state index in [9.17, 15) is 0 Å². The highest BCUT2D eigenvalue weighted by molar-refractivity contribution is 5.61. The minimum atomic E-state index is 0.226. The Hall–Kier alpha value is -1.22. The van der Waals surface area contributed by atoms with E-state index in [1.54, 1.807) is 18.2 Å². The zero-order valence-electron chi connectivity index (χ0n) is 16.4. The van der Waals surface area contributed by atoms with Gasteiger partial charge in [-0.15, -0.1) is 0 Å². The Kier molecular flexibility index (Phi) is 3.03. The van der Waals surface area contributed by atoms with Crippen molar-refractivity contribution in [1.82, 2.24) is 4.90 Å². The van der Waals surface area contributed by atoms with Crippen molar-refractivity contribution in [3.63, 3.8) is 0 Å². The number of hydrogen-bond acceptors (Lipinski definition) is 3. The van der Waals surface area contributed by atoms with E-state index >= 15 is 0 Å². The summed E-state index contributed by atoms with van der Waals surface area (Å²) in [7, 11) is 1.79. The first-order valence-electron chi connectivity index (χ1n) is 10.7. The molecule has 3 heteroatoms. The van der Waals surface area contributed by atoms with Crippen LogP contribution < -0.4 is 9.47 Å². The van der Waals surface area contributed by atoms with E-state index in [1.807, 2.05) is 0 Å². The van der Waals surface area contributed by atoms with Gasteiger partial charge in [0.1, 0.15) is 6.10 Å². The lowest BCUT2D eigenvalue weighted by atomic mass is 9.47. The van der Waals surface area contributed by atoms with Crippen LogP contribution in [0.1, 0.15) is 57.1 Å². The molecule has 3 fully saturated rings. The van der Waals surface area contributed by atoms with Crippen molar-refractivity contribution in [3.05, 3.63) is 23.3 Å². The van der Waals surface area contributed by atoms with Gasteiger partial charge >= 0.3 is 0 Å². The van der Waals surface area contributed by atoms with Crippen molar-refractivity contribution >= 4 is 0 Å². The van der Waals surface area contributed by atoms with Gasteiger partial charge in [-0.2, -0.15) is 0 Å². The Balaban J connectivity index is 1.53. The number of methoxy groups -OCH3 is 1. The summed E-state index contributed by atoms with van der Waals surface area (Å²) in [6.45, 7) is 7.45. The number of ether oxygens (including phenoxy) is 2. The topological polar surface area (TPSA) is 21.7 Å². The van der Waals surface area contributed by atoms with Crippen LogP contribution in [-0.4, -0.2) is 37.2 Å². The number of benzene rings is 1. The Labute approximate surface area is 157 Å². The lowest BCUT2D eigenvalue weighted by Crippen LogP contribution is -2.67. The number of rotatable bonds is 3. The van der Waals surface area contributed by atoms with Crippen molar-refractivity contribution in [2.24, 2.45) is 17.3 Å². The molecule has 140 valence electrons. The molecule has 2 saturated carbocycles. The average Bonchev–Trinajstić information content (AvgIpc) is 3.36. The van der Waals surface area contributed by atoms with Gasteiger partial charge in [0.05, 0.1) is 7.11 Å². The first kappa shape index (κ1) is 15.8. The normalized spacial score (nSPS) is 39.3. The molecule has 2 bridgehead atoms. The predicted molar refractivity (Wildman–Crippen MR) is 102 cm³/mol. The molecule has 1 aromatic rings. The van der Waals surface area contributed by atoms with E-state index in [2.05, 4.69) is 30.9 Å². The highest BCUT2D eigenvalue weighted by atomic mass is 16.5. The molecule has 1 spiro atoms. The van der Waals surface area contributed by atoms with E-state index < -0.39 is 0 Å². The minimum absolute atomic E-state index is 0.226. The molecule has 1 unspecified atom stereocenters. The SMILES string of the molecule is COc1ccc2c3c1O[C@@H]1C(C)(C)CCC4[C@H](C2)N(CC2CC2)CC[C@]341. The van der Waals surface area contributed by atoms with E-state index in [-0.39, 0.29) is 10.8 Å². The van der Waals surface area contributed by atoms with Crippen molar-refractivity contribution in [3.8, 4) is 11.5 Å². The molecule has 26 heavy (non-hydrogen) atoms. The third-order valence-electron chi connectivity index (χ3n) is 8.43. The molecule has 1 saturated heterocycles. The van der Waals surface area contributed by atoms with Crippen LogP contribution in [0.4, 0.5) is 0 Å². The fourth-order valence-corrected chi connectivity index (χ4v) is 7.15. The molecular weight excluding hydrogens is 322 g/mol. The van der Waals surface area contributed by atoms with Crippen LogP contribution in [0, 0.1) is 17.3 Å². The Morgan fingerprint density at radius 3 is 2.81 bits per heavy atom. The fraction of sp³-hybridized carbons (Fsp3) is 0.739. The number of piperidine rings is 1. The maximum absolute atomic E-state index is 6.80. The lowest BCUT2D eigenvalue weighted by molar-refractivity contribution is -0.103. The minimum Gasteiger partial charge on any atom is -0.493 e. The smallest absolute Gasteiger partial charge is 0.165 e. The number of hydrogen-bond donors (Lipinski definition) is 0. The third kappa shape index (κ3) is 1.83. The van der Waals surface area contributed by atoms with Crippen LogP contribution in [-0.2, 0) is 11.8 Å². The molecule has 6 rings (SSSR count). The molecule has 0 amide bonds. The van der Waals surface area contributed by atoms with Crippen molar-refractivity contribution in [2.75, 3.05) is 20.2 Å². The second-order valence-electron chi connectivity index (χ2n) is 10.3. The number of nitrogens with zero attached hydrogens (tertiary/aromatic N) is 1. The van der Waals surface area contributed by atoms with Crippen LogP contribution in [0.2, 0.25) is 0 Å². The van der Waals surface area contributed by atoms with Gasteiger partial charge in [0, 0.05) is 29.0 Å². The zero-order chi connectivity index (χ0) is 17.7. The highest BCUT2D eigenvalue weighted by Gasteiger charge is 2.67. The Morgan fingerprint density at radius 1 is 1.19 bits per heavy atom. The maximum atomic E-state index is 6.80. The van der Waals surface area contributed by atoms with Gasteiger partial charge in [0.2, 0.25) is 0 Å². The van der Waals surface area contributed by atoms with Gasteiger partial charge in [-0.1, -0.05) is 19.9 Å². The van der Waals surface area contributed by atoms with Crippen LogP contribution in [0.25, 0.3) is 0 Å². The van der Waals surface area contributed by atoms with Crippen LogP contribution in [0.5, 0.6) is 11.5 Å². The molecular formula is C23H31NO2. The first-order valence-corrected chi connectivity index (χ1v) is 10.7. The molecule has 2 aliphatic heterocycles. The van der Waals surface area contributed by atoms with Gasteiger partial charge in [0.25, 0.3) is 0 Å². The Bertz CT molecular complexity index is 768. The lowest BCUT2D eigenvalue weighted by Gasteiger charge is -2.61. The standard InChI is InChI=1S/C23H31NO2/c1-22(2)9-8-16-17-12-15-6-7-18(25-3)20-19(15)23(16,21(22)26-20)10-11-24(17)13-14-4-5-14/h6-7,14,16-17,21H,4-5,8-13H2,1-3H3/t16?,17-,21+,23+/m0/s1. The van der Waals surface area contributed by atoms with E-state index in [0.29, 0.717) is 6.10 Å². The van der Waals surface area contributed by atoms with Gasteiger partial charge in [-0.3, -0.25) is 4.90 Å². The second-order valence-corrected chi connectivity index (χ2v) is 10.3. The summed E-state index contributed by atoms with van der Waals surface area (Å²) in [6, 6.07) is 5.21. The molecule has 3 nitrogen and oxygen atoms in total. The first-order chi connectivity index (χ1) is 12.5. The van der Waals surface area contributed by atoms with Crippen molar-refractivity contribution < 1.29 is 9.47 Å². The highest BCUT2D eigenvalue weighted by Crippen LogP contribution is 2.67. The third-order valence-corrected chi connectivity index (χ3v) is 8.43. The summed E-state index contributed by atoms with van der Waals surface area (Å²) in [6.07, 6.45) is 8.33. The van der Waals surface area contributed by atoms with Crippen molar-refractivity contribution in [2.45, 2.75) is 69.9 Å². The van der Waals surface area contributed by atoms with Crippen LogP contribution >= 0.6 is 0 Å². The molecule has 0 radical (unpaired) electrons. The molecule has 0 N–H and O–H groups in total.